The molecular formula is C23H29FN2O3. The number of benzene rings is 2. The molecule has 2 aromatic rings. The van der Waals surface area contributed by atoms with Crippen LogP contribution >= 0.6 is 0 Å². The van der Waals surface area contributed by atoms with E-state index >= 15 is 0 Å². The Morgan fingerprint density at radius 3 is 2.45 bits per heavy atom. The minimum atomic E-state index is -0.322. The van der Waals surface area contributed by atoms with Crippen molar-refractivity contribution >= 4 is 11.8 Å². The molecule has 1 N–H and O–H groups in total. The van der Waals surface area contributed by atoms with E-state index in [9.17, 15) is 14.0 Å². The largest absolute Gasteiger partial charge is 0.483 e. The first-order chi connectivity index (χ1) is 13.8. The molecule has 0 saturated carbocycles. The van der Waals surface area contributed by atoms with E-state index in [0.29, 0.717) is 12.3 Å². The van der Waals surface area contributed by atoms with Gasteiger partial charge in [-0.2, -0.15) is 0 Å². The van der Waals surface area contributed by atoms with Gasteiger partial charge < -0.3 is 15.0 Å². The number of aryl methyl sites for hydroxylation is 1. The maximum Gasteiger partial charge on any atom is 0.260 e. The van der Waals surface area contributed by atoms with Crippen LogP contribution in [0, 0.1) is 12.7 Å². The summed E-state index contributed by atoms with van der Waals surface area (Å²) in [6, 6.07) is 11.9. The molecule has 0 saturated heterocycles. The molecule has 156 valence electrons. The molecule has 0 aliphatic carbocycles. The van der Waals surface area contributed by atoms with Gasteiger partial charge in [0.05, 0.1) is 6.54 Å². The summed E-state index contributed by atoms with van der Waals surface area (Å²) >= 11 is 0. The van der Waals surface area contributed by atoms with Gasteiger partial charge in [0, 0.05) is 13.1 Å². The number of hydrogen-bond donors (Lipinski definition) is 1. The van der Waals surface area contributed by atoms with E-state index in [1.165, 1.54) is 17.0 Å². The fourth-order valence-corrected chi connectivity index (χ4v) is 2.88. The van der Waals surface area contributed by atoms with Crippen molar-refractivity contribution in [2.75, 3.05) is 19.7 Å². The zero-order valence-corrected chi connectivity index (χ0v) is 17.5. The van der Waals surface area contributed by atoms with E-state index < -0.39 is 0 Å². The van der Waals surface area contributed by atoms with E-state index in [2.05, 4.69) is 19.2 Å². The first-order valence-electron chi connectivity index (χ1n) is 9.82. The predicted octanol–water partition coefficient (Wildman–Crippen LogP) is 3.80. The van der Waals surface area contributed by atoms with Crippen molar-refractivity contribution in [3.05, 3.63) is 65.0 Å². The van der Waals surface area contributed by atoms with E-state index in [1.54, 1.807) is 12.1 Å². The number of carbonyl (C=O) groups is 2. The molecule has 5 nitrogen and oxygen atoms in total. The van der Waals surface area contributed by atoms with Gasteiger partial charge in [-0.1, -0.05) is 38.1 Å². The van der Waals surface area contributed by atoms with Gasteiger partial charge in [0.1, 0.15) is 11.6 Å². The molecule has 6 heteroatoms. The molecule has 2 aromatic carbocycles. The Morgan fingerprint density at radius 2 is 1.83 bits per heavy atom. The van der Waals surface area contributed by atoms with Crippen molar-refractivity contribution in [1.82, 2.24) is 10.2 Å². The zero-order chi connectivity index (χ0) is 21.4. The fraction of sp³-hybridized carbons (Fsp3) is 0.391. The summed E-state index contributed by atoms with van der Waals surface area (Å²) in [4.78, 5) is 26.2. The highest BCUT2D eigenvalue weighted by Crippen LogP contribution is 2.27. The average Bonchev–Trinajstić information content (AvgIpc) is 2.69. The predicted molar refractivity (Wildman–Crippen MR) is 111 cm³/mol. The number of nitrogens with one attached hydrogen (secondary N) is 1. The van der Waals surface area contributed by atoms with Crippen LogP contribution in [0.5, 0.6) is 5.75 Å². The number of likely N-dealkylation sites (N-methyl/N-ethyl adjacent to an activating group) is 1. The number of ether oxygens (including phenoxy) is 1. The summed E-state index contributed by atoms with van der Waals surface area (Å²) in [6.45, 7) is 8.44. The summed E-state index contributed by atoms with van der Waals surface area (Å²) in [7, 11) is 0. The highest BCUT2D eigenvalue weighted by atomic mass is 19.1. The molecule has 2 rings (SSSR count). The Kier molecular flexibility index (Phi) is 8.19. The second-order valence-corrected chi connectivity index (χ2v) is 7.30. The Hall–Kier alpha value is -2.89. The van der Waals surface area contributed by atoms with Gasteiger partial charge in [-0.15, -0.1) is 0 Å². The molecule has 0 radical (unpaired) electrons. The van der Waals surface area contributed by atoms with Crippen LogP contribution < -0.4 is 10.1 Å². The van der Waals surface area contributed by atoms with Crippen LogP contribution in [-0.4, -0.2) is 36.4 Å². The summed E-state index contributed by atoms with van der Waals surface area (Å²) in [6.07, 6.45) is 0. The molecule has 0 fully saturated rings. The topological polar surface area (TPSA) is 58.6 Å². The number of carbonyl (C=O) groups excluding carboxylic acids is 2. The van der Waals surface area contributed by atoms with E-state index in [0.717, 1.165) is 16.7 Å². The third-order valence-corrected chi connectivity index (χ3v) is 4.61. The normalized spacial score (nSPS) is 10.7. The van der Waals surface area contributed by atoms with Crippen LogP contribution in [0.15, 0.2) is 42.5 Å². The van der Waals surface area contributed by atoms with Crippen molar-refractivity contribution in [3.63, 3.8) is 0 Å². The highest BCUT2D eigenvalue weighted by Gasteiger charge is 2.17. The third kappa shape index (κ3) is 6.89. The molecule has 0 atom stereocenters. The van der Waals surface area contributed by atoms with Crippen LogP contribution in [0.25, 0.3) is 0 Å². The van der Waals surface area contributed by atoms with E-state index in [-0.39, 0.29) is 43.2 Å². The monoisotopic (exact) mass is 400 g/mol. The van der Waals surface area contributed by atoms with E-state index in [1.807, 2.05) is 32.0 Å². The molecule has 0 heterocycles. The number of halogens is 1. The number of amides is 2. The first-order valence-corrected chi connectivity index (χ1v) is 9.82. The van der Waals surface area contributed by atoms with Crippen molar-refractivity contribution < 1.29 is 18.7 Å². The average molecular weight is 400 g/mol. The van der Waals surface area contributed by atoms with Crippen LogP contribution in [0.2, 0.25) is 0 Å². The Labute approximate surface area is 171 Å². The lowest BCUT2D eigenvalue weighted by molar-refractivity contribution is -0.137. The molecule has 29 heavy (non-hydrogen) atoms. The minimum absolute atomic E-state index is 0.0509. The van der Waals surface area contributed by atoms with Gasteiger partial charge in [0.2, 0.25) is 5.91 Å². The minimum Gasteiger partial charge on any atom is -0.483 e. The summed E-state index contributed by atoms with van der Waals surface area (Å²) in [5, 5.41) is 2.75. The molecule has 0 unspecified atom stereocenters. The lowest BCUT2D eigenvalue weighted by atomic mass is 10.0. The SMILES string of the molecule is CCN(CC(=O)NCc1ccc(F)cc1)C(=O)COc1cc(C)ccc1C(C)C. The van der Waals surface area contributed by atoms with Gasteiger partial charge in [-0.25, -0.2) is 4.39 Å². The number of rotatable bonds is 9. The first kappa shape index (κ1) is 22.4. The number of hydrogen-bond acceptors (Lipinski definition) is 3. The molecule has 0 aliphatic heterocycles. The number of nitrogens with zero attached hydrogens (tertiary/aromatic N) is 1. The van der Waals surface area contributed by atoms with Crippen molar-refractivity contribution in [2.45, 2.75) is 40.2 Å². The second-order valence-electron chi connectivity index (χ2n) is 7.30. The van der Waals surface area contributed by atoms with E-state index in [4.69, 9.17) is 4.74 Å². The van der Waals surface area contributed by atoms with Crippen molar-refractivity contribution in [1.29, 1.82) is 0 Å². The molecule has 0 aliphatic rings. The van der Waals surface area contributed by atoms with Crippen LogP contribution in [0.1, 0.15) is 43.4 Å². The van der Waals surface area contributed by atoms with Gasteiger partial charge in [-0.05, 0) is 54.7 Å². The summed E-state index contributed by atoms with van der Waals surface area (Å²) < 4.78 is 18.7. The summed E-state index contributed by atoms with van der Waals surface area (Å²) in [5.74, 6) is 0.131. The Balaban J connectivity index is 1.89. The van der Waals surface area contributed by atoms with Crippen molar-refractivity contribution in [3.8, 4) is 5.75 Å². The van der Waals surface area contributed by atoms with Gasteiger partial charge >= 0.3 is 0 Å². The molecule has 2 amide bonds. The molecule has 0 aromatic heterocycles. The Bertz CT molecular complexity index is 835. The maximum atomic E-state index is 12.9. The fourth-order valence-electron chi connectivity index (χ4n) is 2.88. The standard InChI is InChI=1S/C23H29FN2O3/c1-5-26(14-22(27)25-13-18-7-9-19(24)10-8-18)23(28)15-29-21-12-17(4)6-11-20(21)16(2)3/h6-12,16H,5,13-15H2,1-4H3,(H,25,27). The second kappa shape index (κ2) is 10.6. The quantitative estimate of drug-likeness (QED) is 0.697. The lowest BCUT2D eigenvalue weighted by Crippen LogP contribution is -2.42. The van der Waals surface area contributed by atoms with Crippen LogP contribution in [0.4, 0.5) is 4.39 Å². The molecule has 0 spiro atoms. The zero-order valence-electron chi connectivity index (χ0n) is 17.5. The van der Waals surface area contributed by atoms with Crippen LogP contribution in [0.3, 0.4) is 0 Å². The van der Waals surface area contributed by atoms with Gasteiger partial charge in [0.15, 0.2) is 6.61 Å². The third-order valence-electron chi connectivity index (χ3n) is 4.61. The van der Waals surface area contributed by atoms with Crippen LogP contribution in [-0.2, 0) is 16.1 Å². The highest BCUT2D eigenvalue weighted by molar-refractivity contribution is 5.85. The molecular weight excluding hydrogens is 371 g/mol. The van der Waals surface area contributed by atoms with Gasteiger partial charge in [0.25, 0.3) is 5.91 Å². The smallest absolute Gasteiger partial charge is 0.260 e. The Morgan fingerprint density at radius 1 is 1.14 bits per heavy atom. The maximum absolute atomic E-state index is 12.9. The molecule has 0 bridgehead atoms. The lowest BCUT2D eigenvalue weighted by Gasteiger charge is -2.21. The van der Waals surface area contributed by atoms with Gasteiger partial charge in [-0.3, -0.25) is 9.59 Å². The van der Waals surface area contributed by atoms with Crippen molar-refractivity contribution in [2.24, 2.45) is 0 Å². The summed E-state index contributed by atoms with van der Waals surface area (Å²) in [5.41, 5.74) is 2.89.